The summed E-state index contributed by atoms with van der Waals surface area (Å²) >= 11 is 0. The van der Waals surface area contributed by atoms with Crippen molar-refractivity contribution >= 4 is 23.4 Å². The SMILES string of the molecule is CC(=O)[C@H]1CC[C@H]2[C@@H]3CC[C@H]4C[C@H](OC(=O)[C@@H](CC(=O)[C@@H](N)CC(N)=O)C(C)C)CC[C@]4(C)[C@H]3CC[C@]12C. The number of ether oxygens (including phenoxy) is 1. The van der Waals surface area contributed by atoms with Crippen LogP contribution < -0.4 is 11.5 Å². The van der Waals surface area contributed by atoms with Crippen LogP contribution in [0.4, 0.5) is 0 Å². The summed E-state index contributed by atoms with van der Waals surface area (Å²) in [6.45, 7) is 10.5. The topological polar surface area (TPSA) is 130 Å². The van der Waals surface area contributed by atoms with Gasteiger partial charge in [0.1, 0.15) is 11.9 Å². The Balaban J connectivity index is 1.38. The standard InChI is InChI=1S/C31H50N2O5/c1-17(2)22(15-27(35)26(32)16-28(33)36)29(37)38-20-10-12-30(4)19(14-20)6-7-21-24-9-8-23(18(3)34)31(24,5)13-11-25(21)30/h17,19-26H,6-16,32H2,1-5H3,(H2,33,36)/t19-,20+,21-,22-,23+,24-,25-,26-,30-,31+/m0/s1. The van der Waals surface area contributed by atoms with Gasteiger partial charge in [0.2, 0.25) is 5.91 Å². The Hall–Kier alpha value is -1.76. The first-order valence-electron chi connectivity index (χ1n) is 15.1. The minimum Gasteiger partial charge on any atom is -0.462 e. The summed E-state index contributed by atoms with van der Waals surface area (Å²) in [6, 6.07) is -0.977. The minimum atomic E-state index is -0.977. The van der Waals surface area contributed by atoms with E-state index in [1.807, 2.05) is 13.8 Å². The van der Waals surface area contributed by atoms with E-state index in [0.717, 1.165) is 38.5 Å². The number of amides is 1. The molecule has 0 spiro atoms. The van der Waals surface area contributed by atoms with Crippen LogP contribution in [0.25, 0.3) is 0 Å². The van der Waals surface area contributed by atoms with Gasteiger partial charge in [0.25, 0.3) is 0 Å². The Bertz CT molecular complexity index is 949. The summed E-state index contributed by atoms with van der Waals surface area (Å²) in [6.07, 6.45) is 9.47. The van der Waals surface area contributed by atoms with E-state index in [-0.39, 0.29) is 53.4 Å². The average molecular weight is 531 g/mol. The van der Waals surface area contributed by atoms with E-state index < -0.39 is 17.9 Å². The molecule has 4 saturated carbocycles. The Labute approximate surface area is 228 Å². The Morgan fingerprint density at radius 3 is 2.18 bits per heavy atom. The molecule has 0 aliphatic heterocycles. The molecule has 38 heavy (non-hydrogen) atoms. The fourth-order valence-electron chi connectivity index (χ4n) is 9.54. The molecule has 0 aromatic carbocycles. The summed E-state index contributed by atoms with van der Waals surface area (Å²) in [5.41, 5.74) is 11.5. The van der Waals surface area contributed by atoms with Crippen molar-refractivity contribution < 1.29 is 23.9 Å². The lowest BCUT2D eigenvalue weighted by molar-refractivity contribution is -0.169. The summed E-state index contributed by atoms with van der Waals surface area (Å²) < 4.78 is 6.07. The van der Waals surface area contributed by atoms with Crippen LogP contribution in [0.1, 0.15) is 105 Å². The van der Waals surface area contributed by atoms with Crippen LogP contribution >= 0.6 is 0 Å². The van der Waals surface area contributed by atoms with E-state index in [1.54, 1.807) is 6.92 Å². The second-order valence-electron chi connectivity index (χ2n) is 14.1. The number of hydrogen-bond acceptors (Lipinski definition) is 6. The van der Waals surface area contributed by atoms with Gasteiger partial charge in [-0.3, -0.25) is 19.2 Å². The van der Waals surface area contributed by atoms with Crippen molar-refractivity contribution in [3.63, 3.8) is 0 Å². The number of ketones is 2. The maximum atomic E-state index is 13.2. The van der Waals surface area contributed by atoms with Crippen molar-refractivity contribution in [3.05, 3.63) is 0 Å². The molecule has 0 unspecified atom stereocenters. The normalized spacial score (nSPS) is 39.9. The zero-order valence-corrected chi connectivity index (χ0v) is 24.2. The van der Waals surface area contributed by atoms with Crippen LogP contribution in [-0.2, 0) is 23.9 Å². The molecule has 7 heteroatoms. The highest BCUT2D eigenvalue weighted by Gasteiger charge is 2.61. The zero-order chi connectivity index (χ0) is 28.0. The molecule has 0 bridgehead atoms. The van der Waals surface area contributed by atoms with Crippen LogP contribution in [0.15, 0.2) is 0 Å². The van der Waals surface area contributed by atoms with Crippen LogP contribution in [0.2, 0.25) is 0 Å². The van der Waals surface area contributed by atoms with Gasteiger partial charge >= 0.3 is 5.97 Å². The van der Waals surface area contributed by atoms with Gasteiger partial charge in [-0.15, -0.1) is 0 Å². The van der Waals surface area contributed by atoms with E-state index in [2.05, 4.69) is 13.8 Å². The third kappa shape index (κ3) is 5.33. The molecule has 214 valence electrons. The van der Waals surface area contributed by atoms with Crippen LogP contribution in [0.5, 0.6) is 0 Å². The van der Waals surface area contributed by atoms with Crippen LogP contribution in [-0.4, -0.2) is 35.6 Å². The predicted octanol–water partition coefficient (Wildman–Crippen LogP) is 4.58. The third-order valence-electron chi connectivity index (χ3n) is 11.8. The smallest absolute Gasteiger partial charge is 0.309 e. The summed E-state index contributed by atoms with van der Waals surface area (Å²) in [4.78, 5) is 49.3. The highest BCUT2D eigenvalue weighted by molar-refractivity contribution is 5.91. The Morgan fingerprint density at radius 2 is 1.55 bits per heavy atom. The molecule has 1 amide bonds. The number of hydrogen-bond donors (Lipinski definition) is 2. The lowest BCUT2D eigenvalue weighted by Gasteiger charge is -2.61. The third-order valence-corrected chi connectivity index (χ3v) is 11.8. The maximum absolute atomic E-state index is 13.2. The quantitative estimate of drug-likeness (QED) is 0.420. The van der Waals surface area contributed by atoms with Gasteiger partial charge in [0.15, 0.2) is 5.78 Å². The highest BCUT2D eigenvalue weighted by atomic mass is 16.5. The van der Waals surface area contributed by atoms with Crippen LogP contribution in [0, 0.1) is 52.3 Å². The van der Waals surface area contributed by atoms with Crippen LogP contribution in [0.3, 0.4) is 0 Å². The lowest BCUT2D eigenvalue weighted by atomic mass is 9.44. The molecule has 7 nitrogen and oxygen atoms in total. The molecular formula is C31H50N2O5. The van der Waals surface area contributed by atoms with E-state index >= 15 is 0 Å². The van der Waals surface area contributed by atoms with Crippen molar-refractivity contribution in [1.82, 2.24) is 0 Å². The fourth-order valence-corrected chi connectivity index (χ4v) is 9.54. The highest BCUT2D eigenvalue weighted by Crippen LogP contribution is 2.67. The summed E-state index contributed by atoms with van der Waals surface area (Å²) in [5, 5.41) is 0. The molecule has 4 N–H and O–H groups in total. The van der Waals surface area contributed by atoms with E-state index in [4.69, 9.17) is 16.2 Å². The van der Waals surface area contributed by atoms with Crippen molar-refractivity contribution in [2.24, 2.45) is 63.7 Å². The van der Waals surface area contributed by atoms with Crippen molar-refractivity contribution in [2.45, 2.75) is 117 Å². The van der Waals surface area contributed by atoms with E-state index in [0.29, 0.717) is 29.5 Å². The lowest BCUT2D eigenvalue weighted by Crippen LogP contribution is -2.54. The summed E-state index contributed by atoms with van der Waals surface area (Å²) in [5.74, 6) is 1.30. The molecular weight excluding hydrogens is 480 g/mol. The number of fused-ring (bicyclic) bond motifs is 5. The molecule has 4 fully saturated rings. The number of rotatable bonds is 9. The molecule has 10 atom stereocenters. The fraction of sp³-hybridized carbons (Fsp3) is 0.871. The summed E-state index contributed by atoms with van der Waals surface area (Å²) in [7, 11) is 0. The van der Waals surface area contributed by atoms with Crippen molar-refractivity contribution in [3.8, 4) is 0 Å². The molecule has 0 heterocycles. The first-order chi connectivity index (χ1) is 17.8. The van der Waals surface area contributed by atoms with Gasteiger partial charge in [-0.25, -0.2) is 0 Å². The number of carbonyl (C=O) groups excluding carboxylic acids is 4. The van der Waals surface area contributed by atoms with Gasteiger partial charge in [0.05, 0.1) is 12.0 Å². The monoisotopic (exact) mass is 530 g/mol. The van der Waals surface area contributed by atoms with E-state index in [9.17, 15) is 19.2 Å². The van der Waals surface area contributed by atoms with Gasteiger partial charge in [-0.2, -0.15) is 0 Å². The second-order valence-corrected chi connectivity index (χ2v) is 14.1. The predicted molar refractivity (Wildman–Crippen MR) is 146 cm³/mol. The van der Waals surface area contributed by atoms with Gasteiger partial charge in [0, 0.05) is 18.8 Å². The van der Waals surface area contributed by atoms with Gasteiger partial charge in [-0.05, 0) is 105 Å². The molecule has 4 rings (SSSR count). The molecule has 0 radical (unpaired) electrons. The first-order valence-corrected chi connectivity index (χ1v) is 15.1. The second kappa shape index (κ2) is 11.0. The molecule has 0 saturated heterocycles. The number of primary amides is 1. The number of Topliss-reactive ketones (excluding diaryl/α,β-unsaturated/α-hetero) is 2. The largest absolute Gasteiger partial charge is 0.462 e. The molecule has 4 aliphatic rings. The molecule has 4 aliphatic carbocycles. The van der Waals surface area contributed by atoms with E-state index in [1.165, 1.54) is 19.3 Å². The first kappa shape index (κ1) is 29.2. The average Bonchev–Trinajstić information content (AvgIpc) is 3.19. The minimum absolute atomic E-state index is 0.0238. The van der Waals surface area contributed by atoms with Crippen molar-refractivity contribution in [1.29, 1.82) is 0 Å². The number of carbonyl (C=O) groups is 4. The maximum Gasteiger partial charge on any atom is 0.309 e. The number of nitrogens with two attached hydrogens (primary N) is 2. The number of esters is 1. The Kier molecular flexibility index (Phi) is 8.47. The van der Waals surface area contributed by atoms with Gasteiger partial charge in [-0.1, -0.05) is 27.7 Å². The molecule has 0 aromatic rings. The Morgan fingerprint density at radius 1 is 0.895 bits per heavy atom. The van der Waals surface area contributed by atoms with Crippen molar-refractivity contribution in [2.75, 3.05) is 0 Å². The molecule has 0 aromatic heterocycles. The zero-order valence-electron chi connectivity index (χ0n) is 24.2. The van der Waals surface area contributed by atoms with Gasteiger partial charge < -0.3 is 16.2 Å².